The van der Waals surface area contributed by atoms with Gasteiger partial charge in [-0.3, -0.25) is 4.79 Å². The Balaban J connectivity index is 1.85. The van der Waals surface area contributed by atoms with Crippen molar-refractivity contribution < 1.29 is 14.6 Å². The lowest BCUT2D eigenvalue weighted by molar-refractivity contribution is -0.123. The smallest absolute Gasteiger partial charge is 0.265 e. The van der Waals surface area contributed by atoms with Crippen LogP contribution in [0.3, 0.4) is 0 Å². The van der Waals surface area contributed by atoms with E-state index in [9.17, 15) is 9.90 Å². The number of benzene rings is 2. The molecule has 0 spiro atoms. The van der Waals surface area contributed by atoms with Crippen molar-refractivity contribution in [3.8, 4) is 11.5 Å². The van der Waals surface area contributed by atoms with E-state index in [-0.39, 0.29) is 11.7 Å². The molecule has 4 nitrogen and oxygen atoms in total. The number of carbonyl (C=O) groups is 1. The summed E-state index contributed by atoms with van der Waals surface area (Å²) in [6.45, 7) is 4.07. The predicted molar refractivity (Wildman–Crippen MR) is 80.8 cm³/mol. The average Bonchev–Trinajstić information content (AvgIpc) is 2.39. The maximum absolute atomic E-state index is 12.1. The number of carbonyl (C=O) groups excluding carboxylic acids is 1. The molecule has 0 radical (unpaired) electrons. The Hall–Kier alpha value is -2.49. The van der Waals surface area contributed by atoms with Gasteiger partial charge in [0.1, 0.15) is 11.5 Å². The van der Waals surface area contributed by atoms with Gasteiger partial charge in [0, 0.05) is 12.5 Å². The number of phenols is 1. The number of hydrogen-bond donors (Lipinski definition) is 2. The molecule has 2 aromatic rings. The summed E-state index contributed by atoms with van der Waals surface area (Å²) in [7, 11) is 0. The molecule has 1 heterocycles. The second kappa shape index (κ2) is 5.13. The molecule has 1 amide bonds. The second-order valence-electron chi connectivity index (χ2n) is 5.48. The van der Waals surface area contributed by atoms with Crippen LogP contribution >= 0.6 is 0 Å². The maximum atomic E-state index is 12.1. The summed E-state index contributed by atoms with van der Waals surface area (Å²) in [6, 6.07) is 10.9. The van der Waals surface area contributed by atoms with Crippen LogP contribution < -0.4 is 10.1 Å². The molecule has 0 aromatic heterocycles. The van der Waals surface area contributed by atoms with Crippen LogP contribution in [0.2, 0.25) is 0 Å². The molecule has 0 saturated heterocycles. The number of aromatic hydroxyl groups is 1. The summed E-state index contributed by atoms with van der Waals surface area (Å²) in [5.74, 6) is 0.464. The van der Waals surface area contributed by atoms with Gasteiger partial charge in [0.15, 0.2) is 6.10 Å². The Labute approximate surface area is 123 Å². The van der Waals surface area contributed by atoms with Crippen LogP contribution in [-0.2, 0) is 11.2 Å². The molecule has 0 saturated carbocycles. The molecule has 1 aliphatic rings. The van der Waals surface area contributed by atoms with Crippen molar-refractivity contribution in [3.05, 3.63) is 53.1 Å². The van der Waals surface area contributed by atoms with Crippen molar-refractivity contribution in [1.82, 2.24) is 0 Å². The van der Waals surface area contributed by atoms with E-state index in [0.717, 1.165) is 5.56 Å². The third-order valence-corrected chi connectivity index (χ3v) is 3.49. The van der Waals surface area contributed by atoms with Gasteiger partial charge in [0.2, 0.25) is 0 Å². The highest BCUT2D eigenvalue weighted by molar-refractivity contribution is 5.98. The van der Waals surface area contributed by atoms with E-state index in [1.165, 1.54) is 23.3 Å². The topological polar surface area (TPSA) is 58.6 Å². The Morgan fingerprint density at radius 2 is 1.86 bits per heavy atom. The fourth-order valence-corrected chi connectivity index (χ4v) is 2.67. The van der Waals surface area contributed by atoms with Crippen LogP contribution in [0, 0.1) is 13.8 Å². The molecule has 2 N–H and O–H groups in total. The van der Waals surface area contributed by atoms with E-state index < -0.39 is 6.10 Å². The first-order valence-electron chi connectivity index (χ1n) is 6.89. The van der Waals surface area contributed by atoms with Gasteiger partial charge in [-0.2, -0.15) is 0 Å². The molecule has 1 atom stereocenters. The first kappa shape index (κ1) is 13.5. The highest BCUT2D eigenvalue weighted by Gasteiger charge is 2.28. The van der Waals surface area contributed by atoms with Crippen molar-refractivity contribution >= 4 is 11.6 Å². The summed E-state index contributed by atoms with van der Waals surface area (Å²) >= 11 is 0. The average molecular weight is 283 g/mol. The highest BCUT2D eigenvalue weighted by atomic mass is 16.5. The van der Waals surface area contributed by atoms with E-state index >= 15 is 0 Å². The minimum Gasteiger partial charge on any atom is -0.508 e. The number of phenolic OH excluding ortho intramolecular Hbond substituents is 1. The van der Waals surface area contributed by atoms with Gasteiger partial charge in [-0.25, -0.2) is 0 Å². The number of ether oxygens (including phenoxy) is 1. The summed E-state index contributed by atoms with van der Waals surface area (Å²) in [6.07, 6.45) is -0.0794. The van der Waals surface area contributed by atoms with Crippen LogP contribution in [0.5, 0.6) is 11.5 Å². The zero-order chi connectivity index (χ0) is 15.0. The van der Waals surface area contributed by atoms with Gasteiger partial charge in [0.05, 0.1) is 5.69 Å². The molecule has 3 rings (SSSR count). The number of rotatable bonds is 2. The van der Waals surface area contributed by atoms with Gasteiger partial charge >= 0.3 is 0 Å². The molecule has 1 unspecified atom stereocenters. The summed E-state index contributed by atoms with van der Waals surface area (Å²) in [5.41, 5.74) is 3.99. The number of fused-ring (bicyclic) bond motifs is 1. The van der Waals surface area contributed by atoms with E-state index in [0.29, 0.717) is 17.9 Å². The number of hydrogen-bond acceptors (Lipinski definition) is 3. The molecule has 108 valence electrons. The Bertz CT molecular complexity index is 689. The van der Waals surface area contributed by atoms with Crippen LogP contribution in [-0.4, -0.2) is 17.1 Å². The Morgan fingerprint density at radius 3 is 2.57 bits per heavy atom. The number of nitrogens with one attached hydrogen (secondary N) is 1. The number of amides is 1. The van der Waals surface area contributed by atoms with Gasteiger partial charge in [-0.1, -0.05) is 29.3 Å². The molecular formula is C17H17NO3. The lowest BCUT2D eigenvalue weighted by atomic mass is 10.0. The number of aryl methyl sites for hydroxylation is 2. The van der Waals surface area contributed by atoms with Crippen LogP contribution in [0.15, 0.2) is 36.4 Å². The van der Waals surface area contributed by atoms with Gasteiger partial charge < -0.3 is 15.2 Å². The summed E-state index contributed by atoms with van der Waals surface area (Å²) < 4.78 is 5.74. The normalized spacial score (nSPS) is 16.9. The summed E-state index contributed by atoms with van der Waals surface area (Å²) in [4.78, 5) is 12.1. The van der Waals surface area contributed by atoms with Crippen molar-refractivity contribution in [2.45, 2.75) is 26.4 Å². The first-order valence-corrected chi connectivity index (χ1v) is 6.89. The Kier molecular flexibility index (Phi) is 3.29. The minimum atomic E-state index is -0.583. The zero-order valence-corrected chi connectivity index (χ0v) is 12.0. The van der Waals surface area contributed by atoms with E-state index in [2.05, 4.69) is 23.5 Å². The molecule has 21 heavy (non-hydrogen) atoms. The molecule has 0 aliphatic carbocycles. The fourth-order valence-electron chi connectivity index (χ4n) is 2.67. The zero-order valence-electron chi connectivity index (χ0n) is 12.0. The van der Waals surface area contributed by atoms with Gasteiger partial charge in [-0.05, 0) is 31.5 Å². The van der Waals surface area contributed by atoms with Crippen LogP contribution in [0.25, 0.3) is 0 Å². The summed E-state index contributed by atoms with van der Waals surface area (Å²) in [5, 5.41) is 12.3. The maximum Gasteiger partial charge on any atom is 0.265 e. The first-order chi connectivity index (χ1) is 10.0. The van der Waals surface area contributed by atoms with Crippen LogP contribution in [0.4, 0.5) is 5.69 Å². The predicted octanol–water partition coefficient (Wildman–Crippen LogP) is 2.95. The van der Waals surface area contributed by atoms with Crippen molar-refractivity contribution in [2.75, 3.05) is 5.32 Å². The largest absolute Gasteiger partial charge is 0.508 e. The molecule has 2 aromatic carbocycles. The SMILES string of the molecule is Cc1cc(C)cc(CC2Oc3cc(O)ccc3NC2=O)c1. The van der Waals surface area contributed by atoms with Crippen molar-refractivity contribution in [1.29, 1.82) is 0 Å². The standard InChI is InChI=1S/C17H17NO3/c1-10-5-11(2)7-12(6-10)8-16-17(20)18-14-4-3-13(19)9-15(14)21-16/h3-7,9,16,19H,8H2,1-2H3,(H,18,20). The van der Waals surface area contributed by atoms with Crippen molar-refractivity contribution in [2.24, 2.45) is 0 Å². The fraction of sp³-hybridized carbons (Fsp3) is 0.235. The molecule has 0 fully saturated rings. The minimum absolute atomic E-state index is 0.120. The Morgan fingerprint density at radius 1 is 1.14 bits per heavy atom. The van der Waals surface area contributed by atoms with Crippen LogP contribution in [0.1, 0.15) is 16.7 Å². The third-order valence-electron chi connectivity index (χ3n) is 3.49. The quantitative estimate of drug-likeness (QED) is 0.833. The molecule has 0 bridgehead atoms. The number of anilines is 1. The van der Waals surface area contributed by atoms with Gasteiger partial charge in [-0.15, -0.1) is 0 Å². The third kappa shape index (κ3) is 2.84. The highest BCUT2D eigenvalue weighted by Crippen LogP contribution is 2.33. The van der Waals surface area contributed by atoms with E-state index in [1.807, 2.05) is 13.8 Å². The van der Waals surface area contributed by atoms with E-state index in [4.69, 9.17) is 4.74 Å². The monoisotopic (exact) mass is 283 g/mol. The van der Waals surface area contributed by atoms with Crippen molar-refractivity contribution in [3.63, 3.8) is 0 Å². The molecule has 4 heteroatoms. The van der Waals surface area contributed by atoms with E-state index in [1.54, 1.807) is 6.07 Å². The lowest BCUT2D eigenvalue weighted by Crippen LogP contribution is -2.38. The second-order valence-corrected chi connectivity index (χ2v) is 5.48. The lowest BCUT2D eigenvalue weighted by Gasteiger charge is -2.26. The molecule has 1 aliphatic heterocycles. The molecular weight excluding hydrogens is 266 g/mol. The van der Waals surface area contributed by atoms with Gasteiger partial charge in [0.25, 0.3) is 5.91 Å².